The number of primary amides is 1. The number of ketones is 1. The molecule has 2 aliphatic carbocycles. The maximum absolute atomic E-state index is 14.7. The number of hydrogen-bond acceptors (Lipinski definition) is 10. The molecule has 55 heavy (non-hydrogen) atoms. The highest BCUT2D eigenvalue weighted by atomic mass is 16.3. The minimum absolute atomic E-state index is 0.0275. The highest BCUT2D eigenvalue weighted by Gasteiger charge is 2.45. The number of aromatic nitrogens is 3. The second-order valence-electron chi connectivity index (χ2n) is 15.4. The summed E-state index contributed by atoms with van der Waals surface area (Å²) in [4.78, 5) is 80.9. The quantitative estimate of drug-likeness (QED) is 0.1000. The lowest BCUT2D eigenvalue weighted by molar-refractivity contribution is -0.142. The van der Waals surface area contributed by atoms with Crippen LogP contribution in [0.1, 0.15) is 119 Å². The lowest BCUT2D eigenvalue weighted by Crippen LogP contribution is -2.56. The van der Waals surface area contributed by atoms with E-state index in [1.54, 1.807) is 13.8 Å². The van der Waals surface area contributed by atoms with Crippen molar-refractivity contribution in [3.63, 3.8) is 0 Å². The first kappa shape index (κ1) is 40.8. The molecule has 296 valence electrons. The number of amides is 6. The van der Waals surface area contributed by atoms with Gasteiger partial charge in [-0.1, -0.05) is 37.3 Å². The molecule has 0 bridgehead atoms. The third-order valence-corrected chi connectivity index (χ3v) is 10.6. The lowest BCUT2D eigenvalue weighted by Gasteiger charge is -2.32. The van der Waals surface area contributed by atoms with Crippen molar-refractivity contribution in [3.8, 4) is 6.07 Å². The van der Waals surface area contributed by atoms with Crippen LogP contribution in [0.15, 0.2) is 30.5 Å². The number of nitrogens with zero attached hydrogens (tertiary/aromatic N) is 5. The van der Waals surface area contributed by atoms with Crippen LogP contribution in [0.2, 0.25) is 0 Å². The summed E-state index contributed by atoms with van der Waals surface area (Å²) >= 11 is 0. The second-order valence-corrected chi connectivity index (χ2v) is 15.4. The van der Waals surface area contributed by atoms with Gasteiger partial charge < -0.3 is 37.0 Å². The van der Waals surface area contributed by atoms with E-state index in [2.05, 4.69) is 31.6 Å². The Balaban J connectivity index is 1.37. The van der Waals surface area contributed by atoms with Gasteiger partial charge in [0.05, 0.1) is 35.6 Å². The zero-order valence-electron chi connectivity index (χ0n) is 31.5. The van der Waals surface area contributed by atoms with E-state index in [0.717, 1.165) is 44.9 Å². The molecule has 0 radical (unpaired) electrons. The van der Waals surface area contributed by atoms with Gasteiger partial charge in [0.2, 0.25) is 17.6 Å². The van der Waals surface area contributed by atoms with Crippen molar-refractivity contribution in [1.29, 1.82) is 5.26 Å². The highest BCUT2D eigenvalue weighted by Crippen LogP contribution is 2.33. The van der Waals surface area contributed by atoms with Crippen molar-refractivity contribution in [2.45, 2.75) is 127 Å². The Morgan fingerprint density at radius 1 is 1.00 bits per heavy atom. The predicted octanol–water partition coefficient (Wildman–Crippen LogP) is 1.46. The molecule has 1 aromatic carbocycles. The van der Waals surface area contributed by atoms with Crippen LogP contribution in [-0.2, 0) is 24.8 Å². The maximum atomic E-state index is 14.7. The molecule has 1 saturated heterocycles. The molecule has 0 spiro atoms. The van der Waals surface area contributed by atoms with Crippen LogP contribution in [0.3, 0.4) is 0 Å². The molecule has 3 fully saturated rings. The number of hydrogen-bond donors (Lipinski definition) is 6. The van der Waals surface area contributed by atoms with E-state index >= 15 is 0 Å². The first-order chi connectivity index (χ1) is 26.2. The maximum Gasteiger partial charge on any atom is 0.315 e. The fourth-order valence-corrected chi connectivity index (χ4v) is 7.40. The summed E-state index contributed by atoms with van der Waals surface area (Å²) in [7, 11) is 0. The Morgan fingerprint density at radius 2 is 1.71 bits per heavy atom. The van der Waals surface area contributed by atoms with E-state index in [-0.39, 0.29) is 42.9 Å². The third-order valence-electron chi connectivity index (χ3n) is 10.6. The molecule has 1 unspecified atom stereocenters. The molecule has 1 aromatic heterocycles. The number of rotatable bonds is 17. The molecule has 6 amide bonds. The van der Waals surface area contributed by atoms with Crippen LogP contribution >= 0.6 is 0 Å². The summed E-state index contributed by atoms with van der Waals surface area (Å²) in [5.74, 6) is -3.78. The zero-order chi connectivity index (χ0) is 39.7. The van der Waals surface area contributed by atoms with Gasteiger partial charge in [-0.3, -0.25) is 24.0 Å². The van der Waals surface area contributed by atoms with Crippen LogP contribution < -0.4 is 27.0 Å². The van der Waals surface area contributed by atoms with Gasteiger partial charge in [0.1, 0.15) is 17.7 Å². The lowest BCUT2D eigenvalue weighted by atomic mass is 9.84. The summed E-state index contributed by atoms with van der Waals surface area (Å²) in [6.07, 6.45) is 9.40. The number of aliphatic hydroxyl groups is 1. The van der Waals surface area contributed by atoms with Gasteiger partial charge in [-0.2, -0.15) is 5.26 Å². The van der Waals surface area contributed by atoms with Gasteiger partial charge in [-0.25, -0.2) is 9.48 Å². The molecule has 2 saturated carbocycles. The number of carbonyl (C=O) groups is 6. The molecule has 17 heteroatoms. The van der Waals surface area contributed by atoms with Crippen molar-refractivity contribution in [3.05, 3.63) is 47.3 Å². The molecule has 1 aliphatic heterocycles. The molecule has 5 rings (SSSR count). The summed E-state index contributed by atoms with van der Waals surface area (Å²) in [6.45, 7) is 3.42. The Bertz CT molecular complexity index is 1760. The van der Waals surface area contributed by atoms with E-state index in [1.807, 2.05) is 6.07 Å². The standard InChI is InChI=1S/C38H52N10O7/c1-38(2,55)31-21-42-46-48(31)27-19-30(35(52)44-28(32(49)33(40)50)10-6-7-17-41-37(54)43-26-15-16-26)47(22-27)36(53)29(18-23-8-4-3-5-9-23)45-34(51)25-13-11-24(20-39)12-14-25/h11-14,21,23,26-30,55H,3-10,15-19,22H2,1-2H3,(H2,40,50)(H,44,52)(H,45,51)(H2,41,43,54)/t27-,28?,29+,30-/m0/s1. The number of unbranched alkanes of at least 4 members (excludes halogenated alkanes) is 1. The number of nitriles is 1. The largest absolute Gasteiger partial charge is 0.384 e. The number of nitrogens with one attached hydrogen (secondary N) is 4. The molecule has 4 atom stereocenters. The molecule has 3 aliphatic rings. The Labute approximate surface area is 320 Å². The Morgan fingerprint density at radius 3 is 2.35 bits per heavy atom. The van der Waals surface area contributed by atoms with Crippen molar-refractivity contribution in [1.82, 2.24) is 41.2 Å². The number of Topliss-reactive ketones (excluding diaryl/α,β-unsaturated/α-hetero) is 1. The average Bonchev–Trinajstić information content (AvgIpc) is 3.62. The van der Waals surface area contributed by atoms with Gasteiger partial charge in [0.15, 0.2) is 0 Å². The molecular formula is C38H52N10O7. The summed E-state index contributed by atoms with van der Waals surface area (Å²) < 4.78 is 1.48. The number of carbonyl (C=O) groups excluding carboxylic acids is 6. The first-order valence-electron chi connectivity index (χ1n) is 19.2. The Hall–Kier alpha value is -5.37. The summed E-state index contributed by atoms with van der Waals surface area (Å²) in [6, 6.07) is 3.91. The number of likely N-dealkylation sites (tertiary alicyclic amines) is 1. The predicted molar refractivity (Wildman–Crippen MR) is 198 cm³/mol. The van der Waals surface area contributed by atoms with E-state index in [4.69, 9.17) is 5.73 Å². The fraction of sp³-hybridized carbons (Fsp3) is 0.605. The average molecular weight is 761 g/mol. The third kappa shape index (κ3) is 11.1. The Kier molecular flexibility index (Phi) is 13.6. The van der Waals surface area contributed by atoms with Crippen LogP contribution in [-0.4, -0.2) is 97.7 Å². The van der Waals surface area contributed by atoms with Crippen molar-refractivity contribution >= 4 is 35.4 Å². The number of urea groups is 1. The minimum Gasteiger partial charge on any atom is -0.384 e. The van der Waals surface area contributed by atoms with E-state index in [1.165, 1.54) is 40.0 Å². The zero-order valence-corrected chi connectivity index (χ0v) is 31.5. The van der Waals surface area contributed by atoms with Crippen LogP contribution in [0, 0.1) is 17.2 Å². The fourth-order valence-electron chi connectivity index (χ4n) is 7.40. The highest BCUT2D eigenvalue weighted by molar-refractivity contribution is 6.37. The normalized spacial score (nSPS) is 19.8. The minimum atomic E-state index is -1.36. The topological polar surface area (TPSA) is 255 Å². The molecular weight excluding hydrogens is 708 g/mol. The van der Waals surface area contributed by atoms with Crippen LogP contribution in [0.25, 0.3) is 0 Å². The number of nitrogens with two attached hydrogens (primary N) is 1. The van der Waals surface area contributed by atoms with Gasteiger partial charge in [0, 0.05) is 31.1 Å². The van der Waals surface area contributed by atoms with E-state index < -0.39 is 59.2 Å². The molecule has 2 heterocycles. The second kappa shape index (κ2) is 18.3. The van der Waals surface area contributed by atoms with Crippen molar-refractivity contribution in [2.24, 2.45) is 11.7 Å². The van der Waals surface area contributed by atoms with Crippen LogP contribution in [0.4, 0.5) is 4.79 Å². The number of benzene rings is 1. The van der Waals surface area contributed by atoms with Gasteiger partial charge in [0.25, 0.3) is 11.8 Å². The SMILES string of the molecule is CC(C)(O)c1cnnn1[C@H]1C[C@@H](C(=O)NC(CCCCNC(=O)NC2CC2)C(=O)C(N)=O)N(C(=O)[C@@H](CC2CCCCC2)NC(=O)c2ccc(C#N)cc2)C1. The van der Waals surface area contributed by atoms with E-state index in [9.17, 15) is 39.1 Å². The van der Waals surface area contributed by atoms with Crippen LogP contribution in [0.5, 0.6) is 0 Å². The van der Waals surface area contributed by atoms with Gasteiger partial charge >= 0.3 is 6.03 Å². The first-order valence-corrected chi connectivity index (χ1v) is 19.2. The van der Waals surface area contributed by atoms with Gasteiger partial charge in [-0.15, -0.1) is 5.10 Å². The summed E-state index contributed by atoms with van der Waals surface area (Å²) in [5.41, 5.74) is 5.02. The molecule has 2 aromatic rings. The van der Waals surface area contributed by atoms with Crippen molar-refractivity contribution in [2.75, 3.05) is 13.1 Å². The van der Waals surface area contributed by atoms with Gasteiger partial charge in [-0.05, 0) is 82.6 Å². The van der Waals surface area contributed by atoms with E-state index in [0.29, 0.717) is 37.1 Å². The smallest absolute Gasteiger partial charge is 0.315 e. The molecule has 7 N–H and O–H groups in total. The van der Waals surface area contributed by atoms with Crippen molar-refractivity contribution < 1.29 is 33.9 Å². The molecule has 17 nitrogen and oxygen atoms in total. The summed E-state index contributed by atoms with van der Waals surface area (Å²) in [5, 5.41) is 39.4. The monoisotopic (exact) mass is 760 g/mol.